The first-order chi connectivity index (χ1) is 17.4. The van der Waals surface area contributed by atoms with Gasteiger partial charge in [0.2, 0.25) is 0 Å². The molecule has 0 bridgehead atoms. The molecule has 0 aliphatic rings. The van der Waals surface area contributed by atoms with Crippen LogP contribution in [0.3, 0.4) is 0 Å². The Balaban J connectivity index is 1.43. The third-order valence-electron chi connectivity index (χ3n) is 5.49. The van der Waals surface area contributed by atoms with Crippen LogP contribution in [0.15, 0.2) is 77.3 Å². The second-order valence-electron chi connectivity index (χ2n) is 8.02. The van der Waals surface area contributed by atoms with Crippen LogP contribution >= 0.6 is 11.6 Å². The minimum Gasteiger partial charge on any atom is -0.466 e. The number of nitrogens with one attached hydrogen (secondary N) is 1. The molecule has 0 aliphatic carbocycles. The molecule has 0 aliphatic heterocycles. The maximum atomic E-state index is 12.4. The molecule has 7 nitrogen and oxygen atoms in total. The van der Waals surface area contributed by atoms with Crippen LogP contribution < -0.4 is 5.32 Å². The van der Waals surface area contributed by atoms with E-state index in [-0.39, 0.29) is 19.0 Å². The zero-order chi connectivity index (χ0) is 25.5. The summed E-state index contributed by atoms with van der Waals surface area (Å²) in [6.07, 6.45) is -0.392. The molecule has 3 aromatic carbocycles. The monoisotopic (exact) mass is 504 g/mol. The summed E-state index contributed by atoms with van der Waals surface area (Å²) in [6.45, 7) is 3.94. The summed E-state index contributed by atoms with van der Waals surface area (Å²) in [4.78, 5) is 24.1. The zero-order valence-electron chi connectivity index (χ0n) is 19.9. The molecule has 0 fully saturated rings. The molecule has 4 aromatic rings. The molecule has 36 heavy (non-hydrogen) atoms. The van der Waals surface area contributed by atoms with Gasteiger partial charge in [-0.15, -0.1) is 0 Å². The highest BCUT2D eigenvalue weighted by Gasteiger charge is 2.18. The fraction of sp³-hybridized carbons (Fsp3) is 0.179. The van der Waals surface area contributed by atoms with Gasteiger partial charge in [0.25, 0.3) is 0 Å². The number of hydrogen-bond donors (Lipinski definition) is 1. The fourth-order valence-corrected chi connectivity index (χ4v) is 3.81. The van der Waals surface area contributed by atoms with Gasteiger partial charge < -0.3 is 14.0 Å². The summed E-state index contributed by atoms with van der Waals surface area (Å²) in [5.74, 6) is 0.188. The predicted octanol–water partition coefficient (Wildman–Crippen LogP) is 6.82. The Morgan fingerprint density at radius 2 is 1.56 bits per heavy atom. The smallest absolute Gasteiger partial charge is 0.412 e. The normalized spacial score (nSPS) is 10.6. The van der Waals surface area contributed by atoms with E-state index in [4.69, 9.17) is 25.6 Å². The number of benzene rings is 3. The lowest BCUT2D eigenvalue weighted by Gasteiger charge is -2.09. The van der Waals surface area contributed by atoms with Crippen molar-refractivity contribution in [3.8, 4) is 22.5 Å². The number of anilines is 1. The molecule has 1 aromatic heterocycles. The van der Waals surface area contributed by atoms with Gasteiger partial charge in [0, 0.05) is 16.1 Å². The van der Waals surface area contributed by atoms with Crippen LogP contribution in [-0.2, 0) is 27.3 Å². The second kappa shape index (κ2) is 11.6. The van der Waals surface area contributed by atoms with Crippen molar-refractivity contribution in [2.75, 3.05) is 11.9 Å². The number of aryl methyl sites for hydroxylation is 1. The molecule has 4 rings (SSSR count). The minimum absolute atomic E-state index is 0.0401. The summed E-state index contributed by atoms with van der Waals surface area (Å²) in [5, 5.41) is 7.26. The largest absolute Gasteiger partial charge is 0.466 e. The van der Waals surface area contributed by atoms with Crippen LogP contribution in [0.4, 0.5) is 10.5 Å². The van der Waals surface area contributed by atoms with E-state index in [1.807, 2.05) is 60.7 Å². The molecular formula is C28H25ClN2O5. The number of amides is 1. The third-order valence-corrected chi connectivity index (χ3v) is 5.86. The van der Waals surface area contributed by atoms with Gasteiger partial charge in [-0.1, -0.05) is 83.5 Å². The number of hydrogen-bond acceptors (Lipinski definition) is 6. The Kier molecular flexibility index (Phi) is 8.02. The molecule has 8 heteroatoms. The van der Waals surface area contributed by atoms with E-state index in [1.54, 1.807) is 26.0 Å². The van der Waals surface area contributed by atoms with Crippen molar-refractivity contribution >= 4 is 29.4 Å². The molecule has 0 unspecified atom stereocenters. The number of ether oxygens (including phenoxy) is 2. The zero-order valence-corrected chi connectivity index (χ0v) is 20.7. The Bertz CT molecular complexity index is 1350. The average molecular weight is 505 g/mol. The average Bonchev–Trinajstić information content (AvgIpc) is 3.24. The van der Waals surface area contributed by atoms with Crippen LogP contribution in [0.5, 0.6) is 0 Å². The van der Waals surface area contributed by atoms with Crippen LogP contribution in [0.2, 0.25) is 5.02 Å². The lowest BCUT2D eigenvalue weighted by molar-refractivity contribution is -0.142. The number of esters is 1. The molecule has 0 atom stereocenters. The Hall–Kier alpha value is -4.10. The van der Waals surface area contributed by atoms with E-state index in [0.29, 0.717) is 34.3 Å². The van der Waals surface area contributed by atoms with Crippen LogP contribution in [0.25, 0.3) is 22.5 Å². The number of nitrogens with zero attached hydrogens (tertiary/aromatic N) is 1. The molecule has 0 saturated carbocycles. The van der Waals surface area contributed by atoms with E-state index < -0.39 is 6.09 Å². The fourth-order valence-electron chi connectivity index (χ4n) is 3.62. The van der Waals surface area contributed by atoms with Crippen molar-refractivity contribution in [2.45, 2.75) is 26.9 Å². The van der Waals surface area contributed by atoms with E-state index in [9.17, 15) is 9.59 Å². The van der Waals surface area contributed by atoms with Crippen molar-refractivity contribution in [1.29, 1.82) is 0 Å². The number of carbonyl (C=O) groups excluding carboxylic acids is 2. The standard InChI is InChI=1S/C28H25ClN2O5/c1-3-34-25(32)16-19-8-10-20(11-9-19)21-12-14-22(15-13-21)27-26(18(2)31-36-27)30-28(33)35-17-23-6-4-5-7-24(23)29/h4-15H,3,16-17H2,1-2H3,(H,30,33). The van der Waals surface area contributed by atoms with Gasteiger partial charge in [0.05, 0.1) is 13.0 Å². The number of rotatable bonds is 8. The molecule has 1 heterocycles. The minimum atomic E-state index is -0.637. The maximum absolute atomic E-state index is 12.4. The number of carbonyl (C=O) groups is 2. The number of aromatic nitrogens is 1. The van der Waals surface area contributed by atoms with Crippen LogP contribution in [-0.4, -0.2) is 23.8 Å². The highest BCUT2D eigenvalue weighted by molar-refractivity contribution is 6.31. The SMILES string of the molecule is CCOC(=O)Cc1ccc(-c2ccc(-c3onc(C)c3NC(=O)OCc3ccccc3Cl)cc2)cc1. The predicted molar refractivity (Wildman–Crippen MR) is 138 cm³/mol. The van der Waals surface area contributed by atoms with E-state index in [1.165, 1.54) is 0 Å². The molecule has 0 saturated heterocycles. The summed E-state index contributed by atoms with van der Waals surface area (Å²) in [6, 6.07) is 22.6. The highest BCUT2D eigenvalue weighted by atomic mass is 35.5. The maximum Gasteiger partial charge on any atom is 0.412 e. The van der Waals surface area contributed by atoms with Crippen molar-refractivity contribution in [2.24, 2.45) is 0 Å². The molecular weight excluding hydrogens is 480 g/mol. The van der Waals surface area contributed by atoms with Gasteiger partial charge in [0.15, 0.2) is 5.76 Å². The topological polar surface area (TPSA) is 90.7 Å². The van der Waals surface area contributed by atoms with Gasteiger partial charge in [-0.3, -0.25) is 10.1 Å². The van der Waals surface area contributed by atoms with Crippen molar-refractivity contribution < 1.29 is 23.6 Å². The summed E-state index contributed by atoms with van der Waals surface area (Å²) in [7, 11) is 0. The quantitative estimate of drug-likeness (QED) is 0.265. The van der Waals surface area contributed by atoms with Gasteiger partial charge in [-0.25, -0.2) is 4.79 Å². The third kappa shape index (κ3) is 6.12. The molecule has 1 N–H and O–H groups in total. The summed E-state index contributed by atoms with van der Waals surface area (Å²) in [5.41, 5.74) is 5.32. The summed E-state index contributed by atoms with van der Waals surface area (Å²) >= 11 is 6.12. The molecule has 1 amide bonds. The molecule has 184 valence electrons. The van der Waals surface area contributed by atoms with Gasteiger partial charge in [-0.05, 0) is 36.6 Å². The lowest BCUT2D eigenvalue weighted by atomic mass is 10.0. The molecule has 0 spiro atoms. The highest BCUT2D eigenvalue weighted by Crippen LogP contribution is 2.32. The summed E-state index contributed by atoms with van der Waals surface area (Å²) < 4.78 is 15.8. The first-order valence-corrected chi connectivity index (χ1v) is 11.8. The lowest BCUT2D eigenvalue weighted by Crippen LogP contribution is -2.14. The van der Waals surface area contributed by atoms with Gasteiger partial charge >= 0.3 is 12.1 Å². The van der Waals surface area contributed by atoms with Crippen LogP contribution in [0, 0.1) is 6.92 Å². The van der Waals surface area contributed by atoms with Crippen molar-refractivity contribution in [3.63, 3.8) is 0 Å². The Labute approximate surface area is 214 Å². The number of halogens is 1. The molecule has 0 radical (unpaired) electrons. The van der Waals surface area contributed by atoms with E-state index in [0.717, 1.165) is 22.3 Å². The Morgan fingerprint density at radius 3 is 2.22 bits per heavy atom. The first kappa shape index (κ1) is 25.0. The van der Waals surface area contributed by atoms with Gasteiger partial charge in [0.1, 0.15) is 18.0 Å². The van der Waals surface area contributed by atoms with E-state index in [2.05, 4.69) is 10.5 Å². The van der Waals surface area contributed by atoms with Crippen LogP contribution in [0.1, 0.15) is 23.7 Å². The van der Waals surface area contributed by atoms with Gasteiger partial charge in [-0.2, -0.15) is 0 Å². The first-order valence-electron chi connectivity index (χ1n) is 11.4. The van der Waals surface area contributed by atoms with Crippen molar-refractivity contribution in [1.82, 2.24) is 5.16 Å². The Morgan fingerprint density at radius 1 is 0.917 bits per heavy atom. The second-order valence-corrected chi connectivity index (χ2v) is 8.43. The van der Waals surface area contributed by atoms with E-state index >= 15 is 0 Å². The van der Waals surface area contributed by atoms with Crippen molar-refractivity contribution in [3.05, 3.63) is 94.6 Å².